The van der Waals surface area contributed by atoms with Gasteiger partial charge in [0.1, 0.15) is 11.0 Å². The van der Waals surface area contributed by atoms with Gasteiger partial charge >= 0.3 is 0 Å². The number of rotatable bonds is 7. The molecule has 0 aliphatic heterocycles. The lowest BCUT2D eigenvalue weighted by molar-refractivity contribution is 0.480. The van der Waals surface area contributed by atoms with Crippen LogP contribution in [0.25, 0.3) is 22.2 Å². The molecule has 2 aromatic heterocycles. The molecular weight excluding hydrogens is 390 g/mol. The third-order valence-electron chi connectivity index (χ3n) is 5.27. The Hall–Kier alpha value is -2.79. The highest BCUT2D eigenvalue weighted by Crippen LogP contribution is 2.30. The van der Waals surface area contributed by atoms with E-state index in [0.29, 0.717) is 18.0 Å². The minimum atomic E-state index is 0.0425. The van der Waals surface area contributed by atoms with Crippen LogP contribution in [0.5, 0.6) is 0 Å². The second-order valence-electron chi connectivity index (χ2n) is 8.02. The van der Waals surface area contributed by atoms with Crippen molar-refractivity contribution in [3.63, 3.8) is 0 Å². The first-order valence-corrected chi connectivity index (χ1v) is 11.3. The second-order valence-corrected chi connectivity index (χ2v) is 8.97. The molecule has 0 saturated carbocycles. The standard InChI is InChI=1S/C25H27N3OS/c1-18(2)14-15-28-24(29)23-22(21(16-27(23)3)20-12-8-5-9-13-20)26-25(28)30-17-19-10-6-4-7-11-19/h4-13,16,18H,14-15,17H2,1-3H3. The molecule has 2 aromatic carbocycles. The van der Waals surface area contributed by atoms with Crippen LogP contribution < -0.4 is 5.56 Å². The lowest BCUT2D eigenvalue weighted by Gasteiger charge is -2.14. The third-order valence-corrected chi connectivity index (χ3v) is 6.31. The summed E-state index contributed by atoms with van der Waals surface area (Å²) in [6.45, 7) is 5.05. The maximum Gasteiger partial charge on any atom is 0.278 e. The van der Waals surface area contributed by atoms with Crippen LogP contribution in [0.3, 0.4) is 0 Å². The van der Waals surface area contributed by atoms with Crippen LogP contribution in [0.2, 0.25) is 0 Å². The van der Waals surface area contributed by atoms with Gasteiger partial charge < -0.3 is 4.57 Å². The van der Waals surface area contributed by atoms with E-state index >= 15 is 0 Å². The highest BCUT2D eigenvalue weighted by molar-refractivity contribution is 7.98. The van der Waals surface area contributed by atoms with E-state index in [9.17, 15) is 4.79 Å². The summed E-state index contributed by atoms with van der Waals surface area (Å²) in [5, 5.41) is 0.792. The van der Waals surface area contributed by atoms with Crippen molar-refractivity contribution in [3.05, 3.63) is 82.8 Å². The topological polar surface area (TPSA) is 39.8 Å². The SMILES string of the molecule is CC(C)CCn1c(SCc2ccccc2)nc2c(-c3ccccc3)cn(C)c2c1=O. The monoisotopic (exact) mass is 417 g/mol. The summed E-state index contributed by atoms with van der Waals surface area (Å²) < 4.78 is 3.79. The molecule has 4 rings (SSSR count). The molecule has 5 heteroatoms. The number of aryl methyl sites for hydroxylation is 1. The third kappa shape index (κ3) is 4.21. The largest absolute Gasteiger partial charge is 0.344 e. The Balaban J connectivity index is 1.83. The van der Waals surface area contributed by atoms with Crippen molar-refractivity contribution >= 4 is 22.8 Å². The molecule has 0 amide bonds. The lowest BCUT2D eigenvalue weighted by atomic mass is 10.1. The van der Waals surface area contributed by atoms with Crippen LogP contribution >= 0.6 is 11.8 Å². The summed E-state index contributed by atoms with van der Waals surface area (Å²) in [6, 6.07) is 20.5. The summed E-state index contributed by atoms with van der Waals surface area (Å²) in [5.41, 5.74) is 4.80. The van der Waals surface area contributed by atoms with E-state index in [1.807, 2.05) is 58.8 Å². The van der Waals surface area contributed by atoms with Gasteiger partial charge in [-0.1, -0.05) is 86.3 Å². The molecule has 0 atom stereocenters. The quantitative estimate of drug-likeness (QED) is 0.284. The molecule has 154 valence electrons. The summed E-state index contributed by atoms with van der Waals surface area (Å²) in [6.07, 6.45) is 2.97. The Morgan fingerprint density at radius 2 is 1.67 bits per heavy atom. The normalized spacial score (nSPS) is 11.5. The maximum absolute atomic E-state index is 13.5. The fourth-order valence-corrected chi connectivity index (χ4v) is 4.57. The van der Waals surface area contributed by atoms with Gasteiger partial charge in [0.2, 0.25) is 0 Å². The van der Waals surface area contributed by atoms with Crippen LogP contribution in [0.4, 0.5) is 0 Å². The minimum Gasteiger partial charge on any atom is -0.344 e. The van der Waals surface area contributed by atoms with Crippen molar-refractivity contribution in [2.45, 2.75) is 37.7 Å². The van der Waals surface area contributed by atoms with Crippen molar-refractivity contribution in [1.82, 2.24) is 14.1 Å². The number of hydrogen-bond donors (Lipinski definition) is 0. The molecule has 0 aliphatic rings. The minimum absolute atomic E-state index is 0.0425. The van der Waals surface area contributed by atoms with E-state index in [0.717, 1.165) is 34.0 Å². The molecule has 4 aromatic rings. The van der Waals surface area contributed by atoms with E-state index in [1.165, 1.54) is 5.56 Å². The highest BCUT2D eigenvalue weighted by Gasteiger charge is 2.19. The Labute approximate surface area is 181 Å². The summed E-state index contributed by atoms with van der Waals surface area (Å²) in [4.78, 5) is 18.6. The smallest absolute Gasteiger partial charge is 0.278 e. The first-order chi connectivity index (χ1) is 14.5. The molecule has 4 nitrogen and oxygen atoms in total. The highest BCUT2D eigenvalue weighted by atomic mass is 32.2. The molecule has 0 saturated heterocycles. The van der Waals surface area contributed by atoms with Crippen molar-refractivity contribution in [2.24, 2.45) is 13.0 Å². The summed E-state index contributed by atoms with van der Waals surface area (Å²) in [5.74, 6) is 1.31. The summed E-state index contributed by atoms with van der Waals surface area (Å²) >= 11 is 1.64. The van der Waals surface area contributed by atoms with Gasteiger partial charge in [0.05, 0.1) is 0 Å². The van der Waals surface area contributed by atoms with Gasteiger partial charge in [-0.25, -0.2) is 4.98 Å². The fourth-order valence-electron chi connectivity index (χ4n) is 3.60. The Morgan fingerprint density at radius 3 is 2.33 bits per heavy atom. The summed E-state index contributed by atoms with van der Waals surface area (Å²) in [7, 11) is 1.93. The zero-order chi connectivity index (χ0) is 21.1. The first kappa shape index (κ1) is 20.5. The first-order valence-electron chi connectivity index (χ1n) is 10.4. The van der Waals surface area contributed by atoms with Crippen LogP contribution in [0.15, 0.2) is 76.8 Å². The van der Waals surface area contributed by atoms with Crippen molar-refractivity contribution < 1.29 is 0 Å². The van der Waals surface area contributed by atoms with E-state index in [4.69, 9.17) is 4.98 Å². The zero-order valence-electron chi connectivity index (χ0n) is 17.7. The van der Waals surface area contributed by atoms with Gasteiger partial charge in [0.25, 0.3) is 5.56 Å². The molecule has 0 bridgehead atoms. The van der Waals surface area contributed by atoms with Crippen LogP contribution in [0.1, 0.15) is 25.8 Å². The van der Waals surface area contributed by atoms with Crippen molar-refractivity contribution in [3.8, 4) is 11.1 Å². The Kier molecular flexibility index (Phi) is 6.09. The maximum atomic E-state index is 13.5. The Bertz CT molecular complexity index is 1190. The molecular formula is C25H27N3OS. The number of aromatic nitrogens is 3. The predicted octanol–water partition coefficient (Wildman–Crippen LogP) is 5.74. The van der Waals surface area contributed by atoms with Gasteiger partial charge in [-0.3, -0.25) is 9.36 Å². The molecule has 0 radical (unpaired) electrons. The van der Waals surface area contributed by atoms with Crippen LogP contribution in [0, 0.1) is 5.92 Å². The lowest BCUT2D eigenvalue weighted by Crippen LogP contribution is -2.25. The van der Waals surface area contributed by atoms with Crippen LogP contribution in [-0.4, -0.2) is 14.1 Å². The van der Waals surface area contributed by atoms with Gasteiger partial charge in [0, 0.05) is 31.1 Å². The number of fused-ring (bicyclic) bond motifs is 1. The second kappa shape index (κ2) is 8.92. The zero-order valence-corrected chi connectivity index (χ0v) is 18.5. The number of nitrogens with zero attached hydrogens (tertiary/aromatic N) is 3. The average Bonchev–Trinajstić information content (AvgIpc) is 3.09. The van der Waals surface area contributed by atoms with Gasteiger partial charge in [-0.05, 0) is 23.5 Å². The molecule has 0 unspecified atom stereocenters. The van der Waals surface area contributed by atoms with E-state index in [2.05, 4.69) is 38.1 Å². The molecule has 0 fully saturated rings. The average molecular weight is 418 g/mol. The molecule has 0 spiro atoms. The Morgan fingerprint density at radius 1 is 1.00 bits per heavy atom. The molecule has 0 N–H and O–H groups in total. The van der Waals surface area contributed by atoms with Crippen LogP contribution in [-0.2, 0) is 19.3 Å². The van der Waals surface area contributed by atoms with E-state index in [1.54, 1.807) is 11.8 Å². The van der Waals surface area contributed by atoms with E-state index < -0.39 is 0 Å². The molecule has 2 heterocycles. The molecule has 0 aliphatic carbocycles. The number of hydrogen-bond acceptors (Lipinski definition) is 3. The van der Waals surface area contributed by atoms with Gasteiger partial charge in [-0.15, -0.1) is 0 Å². The molecule has 30 heavy (non-hydrogen) atoms. The van der Waals surface area contributed by atoms with Crippen molar-refractivity contribution in [2.75, 3.05) is 0 Å². The van der Waals surface area contributed by atoms with E-state index in [-0.39, 0.29) is 5.56 Å². The van der Waals surface area contributed by atoms with Gasteiger partial charge in [-0.2, -0.15) is 0 Å². The van der Waals surface area contributed by atoms with Crippen molar-refractivity contribution in [1.29, 1.82) is 0 Å². The van der Waals surface area contributed by atoms with Gasteiger partial charge in [0.15, 0.2) is 5.16 Å². The fraction of sp³-hybridized carbons (Fsp3) is 0.280. The number of benzene rings is 2. The predicted molar refractivity (Wildman–Crippen MR) is 126 cm³/mol. The number of thioether (sulfide) groups is 1.